The van der Waals surface area contributed by atoms with Gasteiger partial charge in [0, 0.05) is 6.61 Å². The normalized spacial score (nSPS) is 14.8. The Kier molecular flexibility index (Phi) is 9.58. The van der Waals surface area contributed by atoms with Gasteiger partial charge in [-0.1, -0.05) is 130 Å². The van der Waals surface area contributed by atoms with E-state index in [2.05, 4.69) is 85.0 Å². The maximum Gasteiger partial charge on any atom is 0.162 e. The summed E-state index contributed by atoms with van der Waals surface area (Å²) in [6, 6.07) is 16.9. The summed E-state index contributed by atoms with van der Waals surface area (Å²) in [5.74, 6) is 0.315. The highest BCUT2D eigenvalue weighted by molar-refractivity contribution is 14.1. The van der Waals surface area contributed by atoms with E-state index in [1.54, 1.807) is 0 Å². The molecule has 2 aromatic rings. The summed E-state index contributed by atoms with van der Waals surface area (Å²) in [5, 5.41) is 0. The quantitative estimate of drug-likeness (QED) is 0.141. The standard InChI is InChI=1S/C28H37IO2/c1-3-5-7-8-9-10-19-26(29)27(30)28(21-31-20-6-4-2)24-17-13-11-15-22(24)23-16-12-14-18-25(23)28/h11-18,26H,3-10,19-21H2,1-2H3. The fourth-order valence-electron chi connectivity index (χ4n) is 4.79. The topological polar surface area (TPSA) is 26.3 Å². The molecule has 1 aliphatic carbocycles. The van der Waals surface area contributed by atoms with Crippen LogP contribution in [-0.2, 0) is 14.9 Å². The molecule has 0 bridgehead atoms. The first-order valence-electron chi connectivity index (χ1n) is 12.1. The van der Waals surface area contributed by atoms with Crippen molar-refractivity contribution in [3.63, 3.8) is 0 Å². The summed E-state index contributed by atoms with van der Waals surface area (Å²) in [6.07, 6.45) is 10.6. The molecule has 1 atom stereocenters. The van der Waals surface area contributed by atoms with Gasteiger partial charge in [0.05, 0.1) is 10.5 Å². The Morgan fingerprint density at radius 3 is 2.00 bits per heavy atom. The highest BCUT2D eigenvalue weighted by Gasteiger charge is 2.50. The number of halogens is 1. The molecule has 1 unspecified atom stereocenters. The Morgan fingerprint density at radius 2 is 1.39 bits per heavy atom. The van der Waals surface area contributed by atoms with E-state index < -0.39 is 5.41 Å². The first kappa shape index (κ1) is 24.4. The molecule has 3 rings (SSSR count). The molecular formula is C28H37IO2. The number of benzene rings is 2. The molecule has 3 heteroatoms. The zero-order valence-electron chi connectivity index (χ0n) is 19.2. The molecule has 1 aliphatic rings. The fraction of sp³-hybridized carbons (Fsp3) is 0.536. The Morgan fingerprint density at radius 1 is 0.839 bits per heavy atom. The van der Waals surface area contributed by atoms with Crippen LogP contribution in [0.5, 0.6) is 0 Å². The second kappa shape index (κ2) is 12.2. The SMILES string of the molecule is CCCCCCCCC(I)C(=O)C1(COCCCC)c2ccccc2-c2ccccc21. The number of ether oxygens (including phenoxy) is 1. The van der Waals surface area contributed by atoms with Gasteiger partial charge in [0.25, 0.3) is 0 Å². The fourth-order valence-corrected chi connectivity index (χ4v) is 5.76. The number of hydrogen-bond acceptors (Lipinski definition) is 2. The van der Waals surface area contributed by atoms with E-state index in [1.807, 2.05) is 0 Å². The summed E-state index contributed by atoms with van der Waals surface area (Å²) in [7, 11) is 0. The van der Waals surface area contributed by atoms with Crippen LogP contribution in [0.25, 0.3) is 11.1 Å². The van der Waals surface area contributed by atoms with E-state index in [1.165, 1.54) is 43.2 Å². The Labute approximate surface area is 202 Å². The van der Waals surface area contributed by atoms with Crippen LogP contribution in [0.15, 0.2) is 48.5 Å². The number of ketones is 1. The van der Waals surface area contributed by atoms with Crippen LogP contribution in [0.2, 0.25) is 0 Å². The lowest BCUT2D eigenvalue weighted by molar-refractivity contribution is -0.124. The van der Waals surface area contributed by atoms with Gasteiger partial charge in [0.2, 0.25) is 0 Å². The van der Waals surface area contributed by atoms with E-state index in [4.69, 9.17) is 4.74 Å². The first-order chi connectivity index (χ1) is 15.2. The van der Waals surface area contributed by atoms with Crippen LogP contribution in [0.4, 0.5) is 0 Å². The van der Waals surface area contributed by atoms with Crippen molar-refractivity contribution in [2.45, 2.75) is 81.0 Å². The molecule has 0 aromatic heterocycles. The van der Waals surface area contributed by atoms with Gasteiger partial charge >= 0.3 is 0 Å². The second-order valence-corrected chi connectivity index (χ2v) is 10.3. The first-order valence-corrected chi connectivity index (χ1v) is 13.4. The lowest BCUT2D eigenvalue weighted by Crippen LogP contribution is -2.44. The van der Waals surface area contributed by atoms with Gasteiger partial charge in [-0.2, -0.15) is 0 Å². The molecule has 0 heterocycles. The van der Waals surface area contributed by atoms with Gasteiger partial charge in [-0.25, -0.2) is 0 Å². The lowest BCUT2D eigenvalue weighted by atomic mass is 9.73. The minimum absolute atomic E-state index is 0.00207. The van der Waals surface area contributed by atoms with Gasteiger partial charge < -0.3 is 4.74 Å². The average Bonchev–Trinajstić information content (AvgIpc) is 3.09. The summed E-state index contributed by atoms with van der Waals surface area (Å²) in [6.45, 7) is 5.57. The van der Waals surface area contributed by atoms with E-state index in [0.29, 0.717) is 19.0 Å². The number of alkyl halides is 1. The van der Waals surface area contributed by atoms with Gasteiger partial charge in [-0.15, -0.1) is 0 Å². The maximum atomic E-state index is 14.1. The monoisotopic (exact) mass is 532 g/mol. The molecular weight excluding hydrogens is 495 g/mol. The number of rotatable bonds is 14. The van der Waals surface area contributed by atoms with Crippen LogP contribution in [-0.4, -0.2) is 22.9 Å². The summed E-state index contributed by atoms with van der Waals surface area (Å²) < 4.78 is 6.19. The predicted octanol–water partition coefficient (Wildman–Crippen LogP) is 7.89. The number of carbonyl (C=O) groups is 1. The highest BCUT2D eigenvalue weighted by atomic mass is 127. The molecule has 0 aliphatic heterocycles. The largest absolute Gasteiger partial charge is 0.380 e. The molecule has 0 spiro atoms. The molecule has 0 saturated carbocycles. The van der Waals surface area contributed by atoms with Crippen LogP contribution in [0.3, 0.4) is 0 Å². The second-order valence-electron chi connectivity index (χ2n) is 8.79. The molecule has 2 aromatic carbocycles. The van der Waals surface area contributed by atoms with Crippen molar-refractivity contribution < 1.29 is 9.53 Å². The van der Waals surface area contributed by atoms with Crippen molar-refractivity contribution in [2.75, 3.05) is 13.2 Å². The summed E-state index contributed by atoms with van der Waals surface area (Å²) >= 11 is 2.40. The van der Waals surface area contributed by atoms with Crippen LogP contribution in [0, 0.1) is 0 Å². The maximum absolute atomic E-state index is 14.1. The number of carbonyl (C=O) groups excluding carboxylic acids is 1. The van der Waals surface area contributed by atoms with Gasteiger partial charge in [-0.3, -0.25) is 4.79 Å². The zero-order valence-corrected chi connectivity index (χ0v) is 21.3. The third-order valence-electron chi connectivity index (χ3n) is 6.54. The molecule has 0 radical (unpaired) electrons. The Hall–Kier alpha value is -1.20. The number of fused-ring (bicyclic) bond motifs is 3. The van der Waals surface area contributed by atoms with Crippen molar-refractivity contribution in [3.8, 4) is 11.1 Å². The molecule has 2 nitrogen and oxygen atoms in total. The molecule has 0 amide bonds. The van der Waals surface area contributed by atoms with Crippen molar-refractivity contribution in [2.24, 2.45) is 0 Å². The molecule has 168 valence electrons. The average molecular weight is 533 g/mol. The van der Waals surface area contributed by atoms with Gasteiger partial charge in [0.15, 0.2) is 5.78 Å². The highest BCUT2D eigenvalue weighted by Crippen LogP contribution is 2.50. The van der Waals surface area contributed by atoms with Crippen molar-refractivity contribution in [3.05, 3.63) is 59.7 Å². The Bertz CT molecular complexity index is 799. The van der Waals surface area contributed by atoms with Crippen molar-refractivity contribution in [1.29, 1.82) is 0 Å². The molecule has 0 N–H and O–H groups in total. The third-order valence-corrected chi connectivity index (χ3v) is 7.73. The van der Waals surface area contributed by atoms with Crippen LogP contribution < -0.4 is 0 Å². The summed E-state index contributed by atoms with van der Waals surface area (Å²) in [5.41, 5.74) is 3.95. The van der Waals surface area contributed by atoms with Crippen molar-refractivity contribution >= 4 is 28.4 Å². The predicted molar refractivity (Wildman–Crippen MR) is 139 cm³/mol. The van der Waals surface area contributed by atoms with Crippen LogP contribution >= 0.6 is 22.6 Å². The number of unbranched alkanes of at least 4 members (excludes halogenated alkanes) is 6. The van der Waals surface area contributed by atoms with E-state index in [9.17, 15) is 4.79 Å². The molecule has 31 heavy (non-hydrogen) atoms. The Balaban J connectivity index is 1.85. The number of hydrogen-bond donors (Lipinski definition) is 0. The smallest absolute Gasteiger partial charge is 0.162 e. The molecule has 0 fully saturated rings. The van der Waals surface area contributed by atoms with Crippen molar-refractivity contribution in [1.82, 2.24) is 0 Å². The van der Waals surface area contributed by atoms with Gasteiger partial charge in [0.1, 0.15) is 5.41 Å². The van der Waals surface area contributed by atoms with E-state index in [-0.39, 0.29) is 3.92 Å². The van der Waals surface area contributed by atoms with Crippen LogP contribution in [0.1, 0.15) is 82.8 Å². The van der Waals surface area contributed by atoms with Gasteiger partial charge in [-0.05, 0) is 35.1 Å². The summed E-state index contributed by atoms with van der Waals surface area (Å²) in [4.78, 5) is 14.1. The minimum Gasteiger partial charge on any atom is -0.380 e. The van der Waals surface area contributed by atoms with E-state index in [0.717, 1.165) is 36.8 Å². The number of Topliss-reactive ketones (excluding diaryl/α,β-unsaturated/α-hetero) is 1. The lowest BCUT2D eigenvalue weighted by Gasteiger charge is -2.32. The van der Waals surface area contributed by atoms with E-state index >= 15 is 0 Å². The molecule has 0 saturated heterocycles. The third kappa shape index (κ3) is 5.42. The zero-order chi connectivity index (χ0) is 22.1. The minimum atomic E-state index is -0.686.